The molecule has 7 nitrogen and oxygen atoms in total. The van der Waals surface area contributed by atoms with E-state index in [0.29, 0.717) is 22.3 Å². The summed E-state index contributed by atoms with van der Waals surface area (Å²) in [7, 11) is 1.48. The van der Waals surface area contributed by atoms with Crippen LogP contribution in [0.2, 0.25) is 10.0 Å². The lowest BCUT2D eigenvalue weighted by molar-refractivity contribution is -0.117. The number of para-hydroxylation sites is 1. The summed E-state index contributed by atoms with van der Waals surface area (Å²) in [6, 6.07) is 16.2. The molecule has 1 atom stereocenters. The molecule has 3 aromatic carbocycles. The molecule has 1 aromatic heterocycles. The number of hydrogen-bond donors (Lipinski definition) is 2. The monoisotopic (exact) mass is 509 g/mol. The summed E-state index contributed by atoms with van der Waals surface area (Å²) >= 11 is 12.3. The Morgan fingerprint density at radius 1 is 1.00 bits per heavy atom. The van der Waals surface area contributed by atoms with Crippen molar-refractivity contribution in [2.24, 2.45) is 0 Å². The van der Waals surface area contributed by atoms with E-state index in [1.54, 1.807) is 30.3 Å². The molecule has 1 unspecified atom stereocenters. The molecule has 4 aromatic rings. The van der Waals surface area contributed by atoms with Crippen LogP contribution in [-0.4, -0.2) is 29.0 Å². The third-order valence-corrected chi connectivity index (χ3v) is 6.18. The standard InChI is InChI=1S/C26H17Cl2NO6/c1-34-19-4-2-3-14-9-20(35-25(14)19)23(31)21-22(13-5-7-18(30)8-6-13)29(26(33)24(21)32)17-11-15(27)10-16(28)12-17/h2-12,22,30,32H,1H3. The fourth-order valence-corrected chi connectivity index (χ4v) is 4.71. The molecule has 0 radical (unpaired) electrons. The number of phenols is 1. The Morgan fingerprint density at radius 3 is 2.34 bits per heavy atom. The van der Waals surface area contributed by atoms with E-state index in [1.807, 2.05) is 0 Å². The highest BCUT2D eigenvalue weighted by Gasteiger charge is 2.45. The number of furan rings is 1. The summed E-state index contributed by atoms with van der Waals surface area (Å²) < 4.78 is 11.1. The van der Waals surface area contributed by atoms with E-state index in [1.165, 1.54) is 48.4 Å². The molecule has 2 heterocycles. The molecule has 35 heavy (non-hydrogen) atoms. The van der Waals surface area contributed by atoms with E-state index >= 15 is 0 Å². The van der Waals surface area contributed by atoms with E-state index in [9.17, 15) is 19.8 Å². The smallest absolute Gasteiger partial charge is 0.294 e. The molecule has 176 valence electrons. The molecule has 5 rings (SSSR count). The number of carbonyl (C=O) groups is 2. The van der Waals surface area contributed by atoms with Crippen molar-refractivity contribution in [3.63, 3.8) is 0 Å². The summed E-state index contributed by atoms with van der Waals surface area (Å²) in [6.45, 7) is 0. The minimum atomic E-state index is -1.04. The van der Waals surface area contributed by atoms with Crippen LogP contribution >= 0.6 is 23.2 Å². The van der Waals surface area contributed by atoms with Gasteiger partial charge in [-0.25, -0.2) is 0 Å². The Hall–Kier alpha value is -3.94. The van der Waals surface area contributed by atoms with Crippen LogP contribution in [0.15, 0.2) is 82.5 Å². The maximum Gasteiger partial charge on any atom is 0.294 e. The molecule has 1 amide bonds. The normalized spacial score (nSPS) is 15.8. The number of amides is 1. The van der Waals surface area contributed by atoms with Gasteiger partial charge in [-0.15, -0.1) is 0 Å². The number of methoxy groups -OCH3 is 1. The van der Waals surface area contributed by atoms with Crippen molar-refractivity contribution in [2.45, 2.75) is 6.04 Å². The van der Waals surface area contributed by atoms with Gasteiger partial charge in [-0.2, -0.15) is 0 Å². The minimum absolute atomic E-state index is 0.000815. The van der Waals surface area contributed by atoms with Crippen molar-refractivity contribution in [3.05, 3.63) is 99.4 Å². The van der Waals surface area contributed by atoms with Gasteiger partial charge in [-0.3, -0.25) is 14.5 Å². The number of aromatic hydroxyl groups is 1. The number of carbonyl (C=O) groups excluding carboxylic acids is 2. The molecule has 0 bridgehead atoms. The van der Waals surface area contributed by atoms with Crippen molar-refractivity contribution in [1.29, 1.82) is 0 Å². The molecule has 1 aliphatic rings. The molecule has 0 saturated heterocycles. The molecule has 0 fully saturated rings. The van der Waals surface area contributed by atoms with Gasteiger partial charge in [-0.05, 0) is 48.0 Å². The number of nitrogens with zero attached hydrogens (tertiary/aromatic N) is 1. The zero-order valence-corrected chi connectivity index (χ0v) is 19.7. The quantitative estimate of drug-likeness (QED) is 0.309. The number of ether oxygens (including phenoxy) is 1. The van der Waals surface area contributed by atoms with Gasteiger partial charge >= 0.3 is 0 Å². The third-order valence-electron chi connectivity index (χ3n) is 5.74. The lowest BCUT2D eigenvalue weighted by Gasteiger charge is -2.27. The second kappa shape index (κ2) is 8.69. The van der Waals surface area contributed by atoms with Gasteiger partial charge in [0.15, 0.2) is 22.9 Å². The average molecular weight is 510 g/mol. The first-order valence-electron chi connectivity index (χ1n) is 10.4. The Labute approximate surface area is 209 Å². The van der Waals surface area contributed by atoms with Gasteiger partial charge in [-0.1, -0.05) is 47.5 Å². The second-order valence-electron chi connectivity index (χ2n) is 7.88. The number of rotatable bonds is 5. The Bertz CT molecular complexity index is 1500. The van der Waals surface area contributed by atoms with Crippen molar-refractivity contribution < 1.29 is 29.0 Å². The summed E-state index contributed by atoms with van der Waals surface area (Å²) in [4.78, 5) is 28.2. The number of ketones is 1. The van der Waals surface area contributed by atoms with Crippen molar-refractivity contribution in [2.75, 3.05) is 12.0 Å². The Kier molecular flexibility index (Phi) is 5.67. The molecule has 0 aliphatic carbocycles. The van der Waals surface area contributed by atoms with Crippen LogP contribution in [0.3, 0.4) is 0 Å². The zero-order valence-electron chi connectivity index (χ0n) is 18.2. The molecular formula is C26H17Cl2NO6. The highest BCUT2D eigenvalue weighted by atomic mass is 35.5. The highest BCUT2D eigenvalue weighted by molar-refractivity contribution is 6.35. The van der Waals surface area contributed by atoms with Crippen LogP contribution < -0.4 is 9.64 Å². The van der Waals surface area contributed by atoms with E-state index in [0.717, 1.165) is 0 Å². The second-order valence-corrected chi connectivity index (χ2v) is 8.75. The maximum absolute atomic E-state index is 13.7. The molecular weight excluding hydrogens is 493 g/mol. The van der Waals surface area contributed by atoms with Gasteiger partial charge in [0.2, 0.25) is 5.78 Å². The van der Waals surface area contributed by atoms with E-state index < -0.39 is 23.5 Å². The molecule has 1 aliphatic heterocycles. The summed E-state index contributed by atoms with van der Waals surface area (Å²) in [5, 5.41) is 21.8. The van der Waals surface area contributed by atoms with Crippen molar-refractivity contribution in [3.8, 4) is 11.5 Å². The van der Waals surface area contributed by atoms with E-state index in [4.69, 9.17) is 32.4 Å². The van der Waals surface area contributed by atoms with Crippen LogP contribution in [0.5, 0.6) is 11.5 Å². The predicted molar refractivity (Wildman–Crippen MR) is 132 cm³/mol. The summed E-state index contributed by atoms with van der Waals surface area (Å²) in [6.07, 6.45) is 0. The first-order chi connectivity index (χ1) is 16.8. The predicted octanol–water partition coefficient (Wildman–Crippen LogP) is 6.24. The fourth-order valence-electron chi connectivity index (χ4n) is 4.20. The largest absolute Gasteiger partial charge is 0.508 e. The lowest BCUT2D eigenvalue weighted by Crippen LogP contribution is -2.31. The third kappa shape index (κ3) is 3.88. The van der Waals surface area contributed by atoms with Crippen LogP contribution in [0.1, 0.15) is 22.2 Å². The molecule has 2 N–H and O–H groups in total. The Balaban J connectivity index is 1.68. The number of phenolic OH excluding ortho intramolecular Hbond substituents is 1. The number of halogens is 2. The average Bonchev–Trinajstić information content (AvgIpc) is 3.38. The van der Waals surface area contributed by atoms with Crippen LogP contribution in [0.25, 0.3) is 11.0 Å². The van der Waals surface area contributed by atoms with Crippen LogP contribution in [0.4, 0.5) is 5.69 Å². The number of aliphatic hydroxyl groups excluding tert-OH is 1. The van der Waals surface area contributed by atoms with Crippen molar-refractivity contribution >= 4 is 51.5 Å². The number of aliphatic hydroxyl groups is 1. The SMILES string of the molecule is COc1cccc2cc(C(=O)C3=C(O)C(=O)N(c4cc(Cl)cc(Cl)c4)C3c3ccc(O)cc3)oc12. The number of hydrogen-bond acceptors (Lipinski definition) is 6. The minimum Gasteiger partial charge on any atom is -0.508 e. The first kappa shape index (κ1) is 22.8. The van der Waals surface area contributed by atoms with E-state index in [-0.39, 0.29) is 32.8 Å². The fraction of sp³-hybridized carbons (Fsp3) is 0.0769. The zero-order chi connectivity index (χ0) is 24.9. The van der Waals surface area contributed by atoms with Gasteiger partial charge in [0.25, 0.3) is 5.91 Å². The first-order valence-corrected chi connectivity index (χ1v) is 11.2. The summed E-state index contributed by atoms with van der Waals surface area (Å²) in [5.74, 6) is -1.85. The van der Waals surface area contributed by atoms with Gasteiger partial charge in [0, 0.05) is 21.1 Å². The highest BCUT2D eigenvalue weighted by Crippen LogP contribution is 2.44. The number of fused-ring (bicyclic) bond motifs is 1. The lowest BCUT2D eigenvalue weighted by atomic mass is 9.94. The maximum atomic E-state index is 13.7. The van der Waals surface area contributed by atoms with Crippen LogP contribution in [0, 0.1) is 0 Å². The van der Waals surface area contributed by atoms with Crippen LogP contribution in [-0.2, 0) is 4.79 Å². The number of anilines is 1. The van der Waals surface area contributed by atoms with Gasteiger partial charge in [0.05, 0.1) is 18.7 Å². The molecule has 9 heteroatoms. The summed E-state index contributed by atoms with van der Waals surface area (Å²) in [5.41, 5.74) is 0.928. The van der Waals surface area contributed by atoms with Gasteiger partial charge < -0.3 is 19.4 Å². The van der Waals surface area contributed by atoms with E-state index in [2.05, 4.69) is 0 Å². The Morgan fingerprint density at radius 2 is 1.69 bits per heavy atom. The number of benzene rings is 3. The van der Waals surface area contributed by atoms with Gasteiger partial charge in [0.1, 0.15) is 5.75 Å². The number of Topliss-reactive ketones (excluding diaryl/α,β-unsaturated/α-hetero) is 1. The molecule has 0 spiro atoms. The van der Waals surface area contributed by atoms with Crippen molar-refractivity contribution in [1.82, 2.24) is 0 Å². The molecule has 0 saturated carbocycles. The topological polar surface area (TPSA) is 100 Å².